The van der Waals surface area contributed by atoms with Crippen molar-refractivity contribution < 1.29 is 0 Å². The third-order valence-corrected chi connectivity index (χ3v) is 2.09. The molecule has 0 fully saturated rings. The van der Waals surface area contributed by atoms with Gasteiger partial charge in [-0.3, -0.25) is 0 Å². The van der Waals surface area contributed by atoms with Crippen molar-refractivity contribution >= 4 is 5.82 Å². The summed E-state index contributed by atoms with van der Waals surface area (Å²) >= 11 is 0. The summed E-state index contributed by atoms with van der Waals surface area (Å²) in [5.74, 6) is 1.03. The summed E-state index contributed by atoms with van der Waals surface area (Å²) in [5.41, 5.74) is 8.15. The molecule has 0 radical (unpaired) electrons. The van der Waals surface area contributed by atoms with Crippen molar-refractivity contribution in [2.24, 2.45) is 5.73 Å². The lowest BCUT2D eigenvalue weighted by Gasteiger charge is -2.15. The Labute approximate surface area is 85.9 Å². The molecular formula is C11H19N3. The van der Waals surface area contributed by atoms with Crippen LogP contribution in [0.15, 0.2) is 12.3 Å². The standard InChI is InChI=1S/C11H19N3/c1-8-5-10(6-9(2)12)7-13-11(8)14(3)4/h5,7,9H,6,12H2,1-4H3. The zero-order chi connectivity index (χ0) is 10.7. The van der Waals surface area contributed by atoms with E-state index in [4.69, 9.17) is 5.73 Å². The Morgan fingerprint density at radius 3 is 2.57 bits per heavy atom. The quantitative estimate of drug-likeness (QED) is 0.788. The Kier molecular flexibility index (Phi) is 3.47. The minimum atomic E-state index is 0.196. The van der Waals surface area contributed by atoms with E-state index in [2.05, 4.69) is 18.0 Å². The van der Waals surface area contributed by atoms with Crippen LogP contribution < -0.4 is 10.6 Å². The lowest BCUT2D eigenvalue weighted by atomic mass is 10.1. The van der Waals surface area contributed by atoms with Gasteiger partial charge in [0.05, 0.1) is 0 Å². The first kappa shape index (κ1) is 11.0. The SMILES string of the molecule is Cc1cc(CC(C)N)cnc1N(C)C. The van der Waals surface area contributed by atoms with Crippen molar-refractivity contribution in [2.45, 2.75) is 26.3 Å². The van der Waals surface area contributed by atoms with Crippen LogP contribution in [0, 0.1) is 6.92 Å². The predicted molar refractivity (Wildman–Crippen MR) is 60.7 cm³/mol. The zero-order valence-electron chi connectivity index (χ0n) is 9.41. The molecule has 1 unspecified atom stereocenters. The number of nitrogens with zero attached hydrogens (tertiary/aromatic N) is 2. The highest BCUT2D eigenvalue weighted by molar-refractivity contribution is 5.45. The van der Waals surface area contributed by atoms with Crippen molar-refractivity contribution in [3.8, 4) is 0 Å². The third-order valence-electron chi connectivity index (χ3n) is 2.09. The number of rotatable bonds is 3. The van der Waals surface area contributed by atoms with E-state index in [1.807, 2.05) is 32.1 Å². The fourth-order valence-corrected chi connectivity index (χ4v) is 1.58. The van der Waals surface area contributed by atoms with E-state index >= 15 is 0 Å². The number of hydrogen-bond acceptors (Lipinski definition) is 3. The molecule has 0 aromatic carbocycles. The fraction of sp³-hybridized carbons (Fsp3) is 0.545. The molecule has 3 heteroatoms. The average Bonchev–Trinajstić information content (AvgIpc) is 2.01. The number of anilines is 1. The van der Waals surface area contributed by atoms with Gasteiger partial charge in [0.2, 0.25) is 0 Å². The van der Waals surface area contributed by atoms with E-state index < -0.39 is 0 Å². The van der Waals surface area contributed by atoms with Crippen LogP contribution in [0.4, 0.5) is 5.82 Å². The van der Waals surface area contributed by atoms with Crippen LogP contribution in [0.2, 0.25) is 0 Å². The number of nitrogens with two attached hydrogens (primary N) is 1. The van der Waals surface area contributed by atoms with Crippen LogP contribution in [0.3, 0.4) is 0 Å². The average molecular weight is 193 g/mol. The van der Waals surface area contributed by atoms with Gasteiger partial charge in [-0.2, -0.15) is 0 Å². The highest BCUT2D eigenvalue weighted by Gasteiger charge is 2.04. The summed E-state index contributed by atoms with van der Waals surface area (Å²) in [6.07, 6.45) is 2.80. The summed E-state index contributed by atoms with van der Waals surface area (Å²) in [6.45, 7) is 4.09. The van der Waals surface area contributed by atoms with Gasteiger partial charge >= 0.3 is 0 Å². The van der Waals surface area contributed by atoms with Gasteiger partial charge in [0.1, 0.15) is 5.82 Å². The Balaban J connectivity index is 2.89. The number of aryl methyl sites for hydroxylation is 1. The predicted octanol–water partition coefficient (Wildman–Crippen LogP) is 1.35. The van der Waals surface area contributed by atoms with Crippen LogP contribution in [0.1, 0.15) is 18.1 Å². The minimum absolute atomic E-state index is 0.196. The molecule has 1 aromatic heterocycles. The maximum absolute atomic E-state index is 5.73. The Morgan fingerprint density at radius 2 is 2.14 bits per heavy atom. The van der Waals surface area contributed by atoms with Crippen LogP contribution in [0.25, 0.3) is 0 Å². The van der Waals surface area contributed by atoms with Crippen LogP contribution in [-0.2, 0) is 6.42 Å². The maximum Gasteiger partial charge on any atom is 0.130 e. The molecule has 78 valence electrons. The van der Waals surface area contributed by atoms with Crippen molar-refractivity contribution in [2.75, 3.05) is 19.0 Å². The Morgan fingerprint density at radius 1 is 1.50 bits per heavy atom. The summed E-state index contributed by atoms with van der Waals surface area (Å²) in [7, 11) is 4.00. The van der Waals surface area contributed by atoms with E-state index in [1.165, 1.54) is 11.1 Å². The Hall–Kier alpha value is -1.09. The summed E-state index contributed by atoms with van der Waals surface area (Å²) in [6, 6.07) is 2.35. The molecule has 0 spiro atoms. The first-order valence-corrected chi connectivity index (χ1v) is 4.89. The minimum Gasteiger partial charge on any atom is -0.363 e. The van der Waals surface area contributed by atoms with E-state index in [9.17, 15) is 0 Å². The van der Waals surface area contributed by atoms with E-state index in [1.54, 1.807) is 0 Å². The van der Waals surface area contributed by atoms with Gasteiger partial charge in [-0.25, -0.2) is 4.98 Å². The van der Waals surface area contributed by atoms with E-state index in [0.29, 0.717) is 0 Å². The molecule has 0 saturated heterocycles. The molecule has 0 aliphatic carbocycles. The van der Waals surface area contributed by atoms with Gasteiger partial charge in [-0.15, -0.1) is 0 Å². The van der Waals surface area contributed by atoms with Crippen molar-refractivity contribution in [1.82, 2.24) is 4.98 Å². The molecule has 1 atom stereocenters. The molecule has 1 heterocycles. The van der Waals surface area contributed by atoms with Crippen molar-refractivity contribution in [3.63, 3.8) is 0 Å². The molecule has 14 heavy (non-hydrogen) atoms. The monoisotopic (exact) mass is 193 g/mol. The van der Waals surface area contributed by atoms with Crippen molar-refractivity contribution in [3.05, 3.63) is 23.4 Å². The molecule has 3 nitrogen and oxygen atoms in total. The van der Waals surface area contributed by atoms with Gasteiger partial charge in [0, 0.05) is 26.3 Å². The van der Waals surface area contributed by atoms with Crippen LogP contribution in [0.5, 0.6) is 0 Å². The highest BCUT2D eigenvalue weighted by Crippen LogP contribution is 2.15. The normalized spacial score (nSPS) is 12.6. The summed E-state index contributed by atoms with van der Waals surface area (Å²) in [5, 5.41) is 0. The molecule has 1 rings (SSSR count). The molecule has 1 aromatic rings. The van der Waals surface area contributed by atoms with E-state index in [0.717, 1.165) is 12.2 Å². The highest BCUT2D eigenvalue weighted by atomic mass is 15.1. The van der Waals surface area contributed by atoms with Crippen LogP contribution >= 0.6 is 0 Å². The number of pyridine rings is 1. The van der Waals surface area contributed by atoms with Gasteiger partial charge in [0.25, 0.3) is 0 Å². The second-order valence-corrected chi connectivity index (χ2v) is 4.06. The zero-order valence-corrected chi connectivity index (χ0v) is 9.41. The first-order valence-electron chi connectivity index (χ1n) is 4.89. The van der Waals surface area contributed by atoms with Gasteiger partial charge in [-0.1, -0.05) is 6.07 Å². The molecule has 0 amide bonds. The maximum atomic E-state index is 5.73. The lowest BCUT2D eigenvalue weighted by molar-refractivity contribution is 0.735. The third kappa shape index (κ3) is 2.70. The Bertz CT molecular complexity index is 305. The van der Waals surface area contributed by atoms with Gasteiger partial charge in [0.15, 0.2) is 0 Å². The second kappa shape index (κ2) is 4.42. The smallest absolute Gasteiger partial charge is 0.130 e. The molecule has 0 aliphatic heterocycles. The van der Waals surface area contributed by atoms with Crippen molar-refractivity contribution in [1.29, 1.82) is 0 Å². The second-order valence-electron chi connectivity index (χ2n) is 4.06. The first-order chi connectivity index (χ1) is 6.50. The molecular weight excluding hydrogens is 174 g/mol. The molecule has 0 saturated carbocycles. The summed E-state index contributed by atoms with van der Waals surface area (Å²) < 4.78 is 0. The van der Waals surface area contributed by atoms with E-state index in [-0.39, 0.29) is 6.04 Å². The van der Waals surface area contributed by atoms with Gasteiger partial charge < -0.3 is 10.6 Å². The van der Waals surface area contributed by atoms with Crippen LogP contribution in [-0.4, -0.2) is 25.1 Å². The molecule has 0 bridgehead atoms. The molecule has 0 aliphatic rings. The largest absolute Gasteiger partial charge is 0.363 e. The fourth-order valence-electron chi connectivity index (χ4n) is 1.58. The lowest BCUT2D eigenvalue weighted by Crippen LogP contribution is -2.18. The molecule has 2 N–H and O–H groups in total. The topological polar surface area (TPSA) is 42.1 Å². The van der Waals surface area contributed by atoms with Gasteiger partial charge in [-0.05, 0) is 31.4 Å². The number of aromatic nitrogens is 1. The summed E-state index contributed by atoms with van der Waals surface area (Å²) in [4.78, 5) is 6.42. The number of hydrogen-bond donors (Lipinski definition) is 1.